The van der Waals surface area contributed by atoms with Crippen molar-refractivity contribution in [2.24, 2.45) is 0 Å². The van der Waals surface area contributed by atoms with Crippen LogP contribution in [0.4, 0.5) is 0 Å². The van der Waals surface area contributed by atoms with E-state index in [0.717, 1.165) is 38.3 Å². The molecule has 4 heteroatoms. The average molecular weight is 659 g/mol. The molecule has 0 fully saturated rings. The summed E-state index contributed by atoms with van der Waals surface area (Å²) in [6, 6.07) is 56.5. The van der Waals surface area contributed by atoms with Crippen LogP contribution in [-0.4, -0.2) is 0 Å². The fourth-order valence-corrected chi connectivity index (χ4v) is 11.4. The van der Waals surface area contributed by atoms with E-state index in [1.807, 2.05) is 66.7 Å². The zero-order valence-electron chi connectivity index (χ0n) is 26.8. The zero-order valence-corrected chi connectivity index (χ0v) is 27.7. The first-order valence-electron chi connectivity index (χ1n) is 16.9. The molecule has 2 aliphatic heterocycles. The predicted octanol–water partition coefficient (Wildman–Crippen LogP) is 11.5. The van der Waals surface area contributed by atoms with E-state index in [0.29, 0.717) is 33.6 Å². The van der Waals surface area contributed by atoms with E-state index < -0.39 is 7.14 Å². The summed E-state index contributed by atoms with van der Waals surface area (Å²) in [5, 5.41) is 11.3. The van der Waals surface area contributed by atoms with Gasteiger partial charge in [0, 0.05) is 0 Å². The van der Waals surface area contributed by atoms with Gasteiger partial charge in [-0.05, 0) is 102 Å². The topological polar surface area (TPSA) is 35.5 Å². The van der Waals surface area contributed by atoms with E-state index in [9.17, 15) is 0 Å². The van der Waals surface area contributed by atoms with Gasteiger partial charge < -0.3 is 14.0 Å². The average Bonchev–Trinajstić information content (AvgIpc) is 3.17. The Balaban J connectivity index is 1.17. The Bertz CT molecular complexity index is 2930. The van der Waals surface area contributed by atoms with Crippen LogP contribution in [0.3, 0.4) is 0 Å². The van der Waals surface area contributed by atoms with E-state index >= 15 is 4.57 Å². The predicted molar refractivity (Wildman–Crippen MR) is 207 cm³/mol. The molecule has 0 spiro atoms. The standard InChI is InChI=1S/C46H27O3P/c47-50-44-23-20-31(28-10-2-1-3-11-28)25-41(44)49-43-27-32(26-42(46(43)50)48-40-22-19-29-12-4-5-13-33(29)45(40)50)30-18-21-38-36-16-7-6-14-34(36)35-15-8-9-17-37(35)39(38)24-30/h1-27H. The maximum atomic E-state index is 16.1. The van der Waals surface area contributed by atoms with E-state index in [1.165, 1.54) is 32.3 Å². The summed E-state index contributed by atoms with van der Waals surface area (Å²) in [5.74, 6) is 2.38. The van der Waals surface area contributed by atoms with Crippen molar-refractivity contribution in [2.75, 3.05) is 0 Å². The Kier molecular flexibility index (Phi) is 5.65. The third-order valence-corrected chi connectivity index (χ3v) is 13.7. The van der Waals surface area contributed by atoms with Crippen LogP contribution in [0.15, 0.2) is 164 Å². The fraction of sp³-hybridized carbons (Fsp3) is 0. The van der Waals surface area contributed by atoms with Gasteiger partial charge in [0.2, 0.25) is 0 Å². The minimum absolute atomic E-state index is 0.570. The van der Waals surface area contributed by atoms with Crippen LogP contribution in [0.5, 0.6) is 23.0 Å². The normalized spacial score (nSPS) is 15.7. The molecule has 2 heterocycles. The van der Waals surface area contributed by atoms with Crippen molar-refractivity contribution in [2.45, 2.75) is 0 Å². The van der Waals surface area contributed by atoms with Crippen LogP contribution in [0, 0.1) is 0 Å². The van der Waals surface area contributed by atoms with Crippen molar-refractivity contribution in [3.05, 3.63) is 164 Å². The molecule has 234 valence electrons. The molecular weight excluding hydrogens is 631 g/mol. The molecule has 0 saturated carbocycles. The molecule has 0 saturated heterocycles. The molecule has 0 aromatic heterocycles. The SMILES string of the molecule is O=P12c3ccc(-c4ccccc4)cc3Oc3cc(-c4ccc5c6ccccc6c6ccccc6c5c4)cc(c31)Oc1ccc3ccccc3c12. The summed E-state index contributed by atoms with van der Waals surface area (Å²) < 4.78 is 29.7. The van der Waals surface area contributed by atoms with Crippen LogP contribution < -0.4 is 25.4 Å². The van der Waals surface area contributed by atoms with E-state index in [1.54, 1.807) is 0 Å². The van der Waals surface area contributed by atoms with Gasteiger partial charge in [-0.1, -0.05) is 127 Å². The van der Waals surface area contributed by atoms with Crippen molar-refractivity contribution >= 4 is 66.1 Å². The van der Waals surface area contributed by atoms with Crippen LogP contribution in [0.1, 0.15) is 0 Å². The van der Waals surface area contributed by atoms with Gasteiger partial charge in [0.1, 0.15) is 28.3 Å². The van der Waals surface area contributed by atoms with Crippen molar-refractivity contribution in [1.82, 2.24) is 0 Å². The molecule has 2 aliphatic rings. The molecular formula is C46H27O3P. The van der Waals surface area contributed by atoms with Gasteiger partial charge in [0.25, 0.3) is 0 Å². The van der Waals surface area contributed by atoms with Crippen molar-refractivity contribution < 1.29 is 14.0 Å². The highest BCUT2D eigenvalue weighted by atomic mass is 31.2. The van der Waals surface area contributed by atoms with Gasteiger partial charge in [-0.2, -0.15) is 0 Å². The maximum Gasteiger partial charge on any atom is 0.186 e. The quantitative estimate of drug-likeness (QED) is 0.137. The molecule has 0 amide bonds. The zero-order chi connectivity index (χ0) is 33.0. The van der Waals surface area contributed by atoms with Crippen molar-refractivity contribution in [3.63, 3.8) is 0 Å². The second-order valence-electron chi connectivity index (χ2n) is 13.2. The Morgan fingerprint density at radius 2 is 0.880 bits per heavy atom. The minimum atomic E-state index is -3.43. The number of rotatable bonds is 2. The smallest absolute Gasteiger partial charge is 0.186 e. The largest absolute Gasteiger partial charge is 0.456 e. The molecule has 1 unspecified atom stereocenters. The minimum Gasteiger partial charge on any atom is -0.456 e. The molecule has 0 aliphatic carbocycles. The lowest BCUT2D eigenvalue weighted by molar-refractivity contribution is 0.462. The van der Waals surface area contributed by atoms with Gasteiger partial charge in [-0.15, -0.1) is 0 Å². The summed E-state index contributed by atoms with van der Waals surface area (Å²) in [5.41, 5.74) is 4.06. The number of hydrogen-bond donors (Lipinski definition) is 0. The summed E-state index contributed by atoms with van der Waals surface area (Å²) in [6.45, 7) is 0. The van der Waals surface area contributed by atoms with Crippen LogP contribution in [-0.2, 0) is 4.57 Å². The third kappa shape index (κ3) is 3.78. The molecule has 9 aromatic carbocycles. The highest BCUT2D eigenvalue weighted by Crippen LogP contribution is 2.60. The highest BCUT2D eigenvalue weighted by Gasteiger charge is 2.47. The highest BCUT2D eigenvalue weighted by molar-refractivity contribution is 7.86. The van der Waals surface area contributed by atoms with Crippen LogP contribution >= 0.6 is 7.14 Å². The summed E-state index contributed by atoms with van der Waals surface area (Å²) in [6.07, 6.45) is 0. The van der Waals surface area contributed by atoms with Gasteiger partial charge in [-0.25, -0.2) is 0 Å². The van der Waals surface area contributed by atoms with Gasteiger partial charge in [-0.3, -0.25) is 0 Å². The first kappa shape index (κ1) is 27.8. The fourth-order valence-electron chi connectivity index (χ4n) is 8.20. The van der Waals surface area contributed by atoms with E-state index in [4.69, 9.17) is 9.47 Å². The lowest BCUT2D eigenvalue weighted by Crippen LogP contribution is -2.35. The Morgan fingerprint density at radius 3 is 1.60 bits per heavy atom. The summed E-state index contributed by atoms with van der Waals surface area (Å²) in [7, 11) is -3.43. The first-order chi connectivity index (χ1) is 24.6. The molecule has 0 radical (unpaired) electrons. The van der Waals surface area contributed by atoms with E-state index in [-0.39, 0.29) is 0 Å². The molecule has 0 bridgehead atoms. The molecule has 50 heavy (non-hydrogen) atoms. The van der Waals surface area contributed by atoms with Crippen molar-refractivity contribution in [1.29, 1.82) is 0 Å². The Hall–Kier alpha value is -6.15. The number of ether oxygens (including phenoxy) is 2. The molecule has 0 N–H and O–H groups in total. The van der Waals surface area contributed by atoms with Crippen LogP contribution in [0.2, 0.25) is 0 Å². The Morgan fingerprint density at radius 1 is 0.340 bits per heavy atom. The number of benzene rings is 9. The molecule has 3 nitrogen and oxygen atoms in total. The van der Waals surface area contributed by atoms with Crippen LogP contribution in [0.25, 0.3) is 65.3 Å². The monoisotopic (exact) mass is 658 g/mol. The number of hydrogen-bond acceptors (Lipinski definition) is 3. The second kappa shape index (κ2) is 10.2. The maximum absolute atomic E-state index is 16.1. The Labute approximate surface area is 288 Å². The molecule has 9 aromatic rings. The lowest BCUT2D eigenvalue weighted by atomic mass is 9.92. The third-order valence-electron chi connectivity index (χ3n) is 10.5. The second-order valence-corrected chi connectivity index (χ2v) is 15.8. The number of fused-ring (bicyclic) bond motifs is 12. The lowest BCUT2D eigenvalue weighted by Gasteiger charge is -2.35. The summed E-state index contributed by atoms with van der Waals surface area (Å²) in [4.78, 5) is 0. The first-order valence-corrected chi connectivity index (χ1v) is 18.6. The van der Waals surface area contributed by atoms with E-state index in [2.05, 4.69) is 97.1 Å². The van der Waals surface area contributed by atoms with Crippen molar-refractivity contribution in [3.8, 4) is 45.3 Å². The van der Waals surface area contributed by atoms with Gasteiger partial charge >= 0.3 is 0 Å². The summed E-state index contributed by atoms with van der Waals surface area (Å²) >= 11 is 0. The molecule has 1 atom stereocenters. The van der Waals surface area contributed by atoms with Gasteiger partial charge in [0.15, 0.2) is 7.14 Å². The molecule has 11 rings (SSSR count). The van der Waals surface area contributed by atoms with Gasteiger partial charge in [0.05, 0.1) is 10.6 Å².